The van der Waals surface area contributed by atoms with Gasteiger partial charge in [0.1, 0.15) is 0 Å². The number of allylic oxidation sites excluding steroid dienone is 1. The van der Waals surface area contributed by atoms with E-state index in [1.807, 2.05) is 0 Å². The van der Waals surface area contributed by atoms with Crippen LogP contribution in [0.15, 0.2) is 17.0 Å². The molecule has 0 aliphatic heterocycles. The lowest BCUT2D eigenvalue weighted by atomic mass is 9.44. The largest absolute Gasteiger partial charge is 0.387 e. The van der Waals surface area contributed by atoms with E-state index in [1.165, 1.54) is 26.2 Å². The molecule has 4 rings (SSSR count). The van der Waals surface area contributed by atoms with Gasteiger partial charge in [0.2, 0.25) is 5.91 Å². The van der Waals surface area contributed by atoms with Gasteiger partial charge in [0.05, 0.1) is 18.8 Å². The number of nitrogens with one attached hydrogen (secondary N) is 1. The third kappa shape index (κ3) is 4.90. The van der Waals surface area contributed by atoms with Gasteiger partial charge in [-0.15, -0.1) is 0 Å². The number of aliphatic hydroxyl groups is 1. The molecular weight excluding hydrogens is 454 g/mol. The maximum atomic E-state index is 13.6. The summed E-state index contributed by atoms with van der Waals surface area (Å²) in [6.07, 6.45) is 11.2. The van der Waals surface area contributed by atoms with Crippen molar-refractivity contribution in [2.45, 2.75) is 91.1 Å². The predicted molar refractivity (Wildman–Crippen MR) is 141 cm³/mol. The average molecular weight is 502 g/mol. The summed E-state index contributed by atoms with van der Waals surface area (Å²) in [6.45, 7) is 12.4. The minimum atomic E-state index is -0.669. The van der Waals surface area contributed by atoms with Crippen molar-refractivity contribution in [2.75, 3.05) is 20.3 Å². The van der Waals surface area contributed by atoms with E-state index in [0.717, 1.165) is 38.5 Å². The van der Waals surface area contributed by atoms with Crippen molar-refractivity contribution in [3.63, 3.8) is 0 Å². The topological polar surface area (TPSA) is 91.2 Å². The van der Waals surface area contributed by atoms with Gasteiger partial charge in [-0.25, -0.2) is 0 Å². The second-order valence-corrected chi connectivity index (χ2v) is 12.9. The number of rotatable bonds is 8. The van der Waals surface area contributed by atoms with Crippen molar-refractivity contribution in [1.82, 2.24) is 10.3 Å². The maximum Gasteiger partial charge on any atom is 0.221 e. The molecule has 0 bridgehead atoms. The molecule has 0 aromatic carbocycles. The molecule has 202 valence electrons. The molecule has 0 saturated heterocycles. The molecule has 8 atom stereocenters. The molecule has 7 heteroatoms. The molecule has 7 nitrogen and oxygen atoms in total. The van der Waals surface area contributed by atoms with Crippen LogP contribution in [0.25, 0.3) is 0 Å². The zero-order chi connectivity index (χ0) is 26.3. The summed E-state index contributed by atoms with van der Waals surface area (Å²) in [6, 6.07) is 0. The van der Waals surface area contributed by atoms with E-state index in [4.69, 9.17) is 4.74 Å². The Bertz CT molecular complexity index is 905. The number of hydrogen-bond acceptors (Lipinski definition) is 6. The van der Waals surface area contributed by atoms with E-state index in [0.29, 0.717) is 36.0 Å². The van der Waals surface area contributed by atoms with E-state index < -0.39 is 5.60 Å². The Labute approximate surface area is 217 Å². The molecule has 0 unspecified atom stereocenters. The first kappa shape index (κ1) is 27.3. The van der Waals surface area contributed by atoms with Crippen LogP contribution in [0.4, 0.5) is 0 Å². The van der Waals surface area contributed by atoms with Crippen LogP contribution in [0.3, 0.4) is 0 Å². The molecule has 4 fully saturated rings. The number of carbonyl (C=O) groups excluding carboxylic acids is 2. The molecule has 2 N–H and O–H groups in total. The van der Waals surface area contributed by atoms with Gasteiger partial charge in [-0.1, -0.05) is 13.8 Å². The van der Waals surface area contributed by atoms with E-state index in [9.17, 15) is 14.7 Å². The number of nitrogens with zero attached hydrogens (tertiary/aromatic N) is 2. The van der Waals surface area contributed by atoms with Crippen LogP contribution in [0.1, 0.15) is 85.5 Å². The number of hydrazone groups is 1. The number of ether oxygens (including phenoxy) is 1. The van der Waals surface area contributed by atoms with Crippen molar-refractivity contribution in [2.24, 2.45) is 45.5 Å². The zero-order valence-corrected chi connectivity index (χ0v) is 23.0. The fraction of sp³-hybridized carbons (Fsp3) is 0.828. The fourth-order valence-electron chi connectivity index (χ4n) is 9.19. The van der Waals surface area contributed by atoms with Gasteiger partial charge >= 0.3 is 0 Å². The Balaban J connectivity index is 1.46. The van der Waals surface area contributed by atoms with E-state index in [2.05, 4.69) is 31.0 Å². The minimum absolute atomic E-state index is 0.0378. The number of amides is 1. The Morgan fingerprint density at radius 3 is 2.47 bits per heavy atom. The second-order valence-electron chi connectivity index (χ2n) is 12.9. The third-order valence-corrected chi connectivity index (χ3v) is 10.8. The number of methoxy groups -OCH3 is 1. The Kier molecular flexibility index (Phi) is 7.74. The first-order valence-electron chi connectivity index (χ1n) is 13.9. The number of fused-ring (bicyclic) bond motifs is 5. The normalized spacial score (nSPS) is 42.1. The Morgan fingerprint density at radius 1 is 1.08 bits per heavy atom. The van der Waals surface area contributed by atoms with Gasteiger partial charge in [-0.05, 0) is 99.2 Å². The van der Waals surface area contributed by atoms with Crippen LogP contribution < -0.4 is 5.32 Å². The quantitative estimate of drug-likeness (QED) is 0.377. The molecule has 4 aliphatic rings. The molecule has 4 saturated carbocycles. The maximum absolute atomic E-state index is 13.6. The van der Waals surface area contributed by atoms with Crippen LogP contribution in [0.5, 0.6) is 0 Å². The van der Waals surface area contributed by atoms with E-state index >= 15 is 0 Å². The van der Waals surface area contributed by atoms with Crippen LogP contribution in [0.2, 0.25) is 0 Å². The van der Waals surface area contributed by atoms with Gasteiger partial charge in [0.25, 0.3) is 0 Å². The molecule has 0 aromatic rings. The van der Waals surface area contributed by atoms with Gasteiger partial charge in [0.15, 0.2) is 5.78 Å². The lowest BCUT2D eigenvalue weighted by molar-refractivity contribution is -0.164. The van der Waals surface area contributed by atoms with Crippen LogP contribution in [-0.4, -0.2) is 54.4 Å². The summed E-state index contributed by atoms with van der Waals surface area (Å²) in [4.78, 5) is 24.9. The summed E-state index contributed by atoms with van der Waals surface area (Å²) in [5.74, 6) is 2.64. The van der Waals surface area contributed by atoms with Crippen LogP contribution in [0, 0.1) is 40.4 Å². The molecule has 36 heavy (non-hydrogen) atoms. The molecule has 0 spiro atoms. The summed E-state index contributed by atoms with van der Waals surface area (Å²) in [7, 11) is 1.69. The highest BCUT2D eigenvalue weighted by Gasteiger charge is 2.62. The molecule has 0 aromatic heterocycles. The highest BCUT2D eigenvalue weighted by molar-refractivity contribution is 5.84. The van der Waals surface area contributed by atoms with Crippen molar-refractivity contribution < 1.29 is 19.4 Å². The molecule has 0 heterocycles. The fourth-order valence-corrected chi connectivity index (χ4v) is 9.19. The predicted octanol–water partition coefficient (Wildman–Crippen LogP) is 4.51. The first-order valence-corrected chi connectivity index (χ1v) is 13.9. The van der Waals surface area contributed by atoms with E-state index in [1.54, 1.807) is 25.2 Å². The Morgan fingerprint density at radius 2 is 1.81 bits per heavy atom. The van der Waals surface area contributed by atoms with Gasteiger partial charge in [0, 0.05) is 38.6 Å². The first-order chi connectivity index (χ1) is 17.0. The highest BCUT2D eigenvalue weighted by Crippen LogP contribution is 2.68. The number of carbonyl (C=O) groups is 2. The smallest absolute Gasteiger partial charge is 0.221 e. The molecule has 0 radical (unpaired) electrons. The number of Topliss-reactive ketones (excluding diaryl/α,β-unsaturated/α-hetero) is 1. The zero-order valence-electron chi connectivity index (χ0n) is 23.0. The number of ketones is 1. The monoisotopic (exact) mass is 501 g/mol. The van der Waals surface area contributed by atoms with Crippen LogP contribution in [-0.2, 0) is 14.3 Å². The SMILES string of the molecule is C=NN(/C=C(\C)NC(C)=O)CC(=O)[C@H]1CC[C@H]2[C@@H]3CC[C@H]4C[C@@](O)(COC)CC[C@]4(C)[C@H]3CC[C@]12C. The molecular formula is C29H47N3O4. The minimum Gasteiger partial charge on any atom is -0.387 e. The summed E-state index contributed by atoms with van der Waals surface area (Å²) < 4.78 is 5.36. The van der Waals surface area contributed by atoms with E-state index in [-0.39, 0.29) is 35.0 Å². The van der Waals surface area contributed by atoms with Crippen molar-refractivity contribution in [1.29, 1.82) is 0 Å². The third-order valence-electron chi connectivity index (χ3n) is 10.8. The van der Waals surface area contributed by atoms with Crippen molar-refractivity contribution in [3.05, 3.63) is 11.9 Å². The Hall–Kier alpha value is -1.73. The van der Waals surface area contributed by atoms with Crippen molar-refractivity contribution >= 4 is 18.4 Å². The molecule has 1 amide bonds. The molecule has 4 aliphatic carbocycles. The summed E-state index contributed by atoms with van der Waals surface area (Å²) in [5, 5.41) is 19.4. The standard InChI is InChI=1S/C29H47N3O4/c1-19(31-20(2)33)16-32(30-5)17-26(34)25-10-9-23-22-8-7-21-15-29(35,18-36-6)14-13-27(21,3)24(22)11-12-28(23,25)4/h16,21-25,35H,5,7-15,17-18H2,1-4,6H3,(H,31,33)/b19-16+/t21-,22-,23-,24-,25+,27-,28-,29+/m0/s1. The average Bonchev–Trinajstić information content (AvgIpc) is 3.16. The van der Waals surface area contributed by atoms with Crippen molar-refractivity contribution in [3.8, 4) is 0 Å². The van der Waals surface area contributed by atoms with Gasteiger partial charge < -0.3 is 15.2 Å². The second kappa shape index (κ2) is 10.2. The highest BCUT2D eigenvalue weighted by atomic mass is 16.5. The van der Waals surface area contributed by atoms with Gasteiger partial charge in [-0.2, -0.15) is 5.10 Å². The summed E-state index contributed by atoms with van der Waals surface area (Å²) >= 11 is 0. The van der Waals surface area contributed by atoms with Gasteiger partial charge in [-0.3, -0.25) is 14.6 Å². The summed E-state index contributed by atoms with van der Waals surface area (Å²) in [5.41, 5.74) is 0.295. The van der Waals surface area contributed by atoms with Crippen LogP contribution >= 0.6 is 0 Å². The lowest BCUT2D eigenvalue weighted by Gasteiger charge is -2.62. The number of hydrogen-bond donors (Lipinski definition) is 2. The lowest BCUT2D eigenvalue weighted by Crippen LogP contribution is -2.57.